The largest absolute Gasteiger partial charge is 0.497 e. The van der Waals surface area contributed by atoms with Gasteiger partial charge in [-0.3, -0.25) is 0 Å². The SMILES string of the molecule is CCCCCCCOC(CI)c1ccc(OC)cc1. The Bertz CT molecular complexity index is 324. The van der Waals surface area contributed by atoms with Crippen LogP contribution in [0.2, 0.25) is 0 Å². The second-order valence-electron chi connectivity index (χ2n) is 4.70. The molecule has 0 bridgehead atoms. The van der Waals surface area contributed by atoms with Gasteiger partial charge in [-0.25, -0.2) is 0 Å². The number of hydrogen-bond donors (Lipinski definition) is 0. The zero-order valence-corrected chi connectivity index (χ0v) is 14.2. The molecule has 0 radical (unpaired) electrons. The van der Waals surface area contributed by atoms with Crippen molar-refractivity contribution in [2.45, 2.75) is 45.1 Å². The van der Waals surface area contributed by atoms with Crippen LogP contribution >= 0.6 is 22.6 Å². The zero-order chi connectivity index (χ0) is 13.9. The van der Waals surface area contributed by atoms with Crippen LogP contribution < -0.4 is 4.74 Å². The van der Waals surface area contributed by atoms with E-state index in [1.165, 1.54) is 37.7 Å². The van der Waals surface area contributed by atoms with Crippen LogP contribution in [0.1, 0.15) is 50.7 Å². The molecule has 0 heterocycles. The van der Waals surface area contributed by atoms with Crippen LogP contribution in [0.5, 0.6) is 5.75 Å². The van der Waals surface area contributed by atoms with Gasteiger partial charge in [-0.05, 0) is 24.1 Å². The van der Waals surface area contributed by atoms with Gasteiger partial charge in [0.25, 0.3) is 0 Å². The number of rotatable bonds is 10. The summed E-state index contributed by atoms with van der Waals surface area (Å²) in [6.45, 7) is 3.11. The van der Waals surface area contributed by atoms with Crippen molar-refractivity contribution in [1.29, 1.82) is 0 Å². The minimum absolute atomic E-state index is 0.206. The molecule has 1 aromatic rings. The first kappa shape index (κ1) is 16.8. The summed E-state index contributed by atoms with van der Waals surface area (Å²) in [7, 11) is 1.69. The summed E-state index contributed by atoms with van der Waals surface area (Å²) >= 11 is 2.39. The maximum Gasteiger partial charge on any atom is 0.118 e. The van der Waals surface area contributed by atoms with E-state index in [0.717, 1.165) is 16.8 Å². The van der Waals surface area contributed by atoms with Crippen LogP contribution in [0.15, 0.2) is 24.3 Å². The lowest BCUT2D eigenvalue weighted by molar-refractivity contribution is 0.0678. The first-order chi connectivity index (χ1) is 9.31. The van der Waals surface area contributed by atoms with Crippen molar-refractivity contribution in [3.05, 3.63) is 29.8 Å². The first-order valence-corrected chi connectivity index (χ1v) is 8.65. The molecule has 0 fully saturated rings. The molecule has 1 atom stereocenters. The standard InChI is InChI=1S/C16H25IO2/c1-3-4-5-6-7-12-19-16(13-17)14-8-10-15(18-2)11-9-14/h8-11,16H,3-7,12-13H2,1-2H3. The number of alkyl halides is 1. The lowest BCUT2D eigenvalue weighted by Crippen LogP contribution is -2.07. The van der Waals surface area contributed by atoms with Crippen LogP contribution in [0, 0.1) is 0 Å². The number of halogens is 1. The number of unbranched alkanes of at least 4 members (excludes halogenated alkanes) is 4. The molecular formula is C16H25IO2. The molecule has 1 unspecified atom stereocenters. The fraction of sp³-hybridized carbons (Fsp3) is 0.625. The van der Waals surface area contributed by atoms with Gasteiger partial charge in [-0.15, -0.1) is 0 Å². The Morgan fingerprint density at radius 1 is 1.05 bits per heavy atom. The highest BCUT2D eigenvalue weighted by atomic mass is 127. The summed E-state index contributed by atoms with van der Waals surface area (Å²) in [5.74, 6) is 0.899. The summed E-state index contributed by atoms with van der Waals surface area (Å²) < 4.78 is 12.1. The van der Waals surface area contributed by atoms with E-state index in [0.29, 0.717) is 0 Å². The summed E-state index contributed by atoms with van der Waals surface area (Å²) in [6, 6.07) is 8.19. The third kappa shape index (κ3) is 6.61. The molecule has 1 aromatic carbocycles. The maximum absolute atomic E-state index is 5.98. The fourth-order valence-corrected chi connectivity index (χ4v) is 2.74. The molecule has 0 aliphatic rings. The van der Waals surface area contributed by atoms with Gasteiger partial charge >= 0.3 is 0 Å². The number of ether oxygens (including phenoxy) is 2. The Kier molecular flexibility index (Phi) is 9.26. The van der Waals surface area contributed by atoms with Gasteiger partial charge in [0.15, 0.2) is 0 Å². The molecule has 0 spiro atoms. The monoisotopic (exact) mass is 376 g/mol. The van der Waals surface area contributed by atoms with Crippen LogP contribution in [-0.2, 0) is 4.74 Å². The van der Waals surface area contributed by atoms with Gasteiger partial charge in [0.2, 0.25) is 0 Å². The molecule has 0 N–H and O–H groups in total. The molecule has 0 saturated carbocycles. The van der Waals surface area contributed by atoms with E-state index in [2.05, 4.69) is 41.6 Å². The summed E-state index contributed by atoms with van der Waals surface area (Å²) in [4.78, 5) is 0. The smallest absolute Gasteiger partial charge is 0.118 e. The van der Waals surface area contributed by atoms with Crippen molar-refractivity contribution in [3.63, 3.8) is 0 Å². The second-order valence-corrected chi connectivity index (χ2v) is 5.58. The average Bonchev–Trinajstić information content (AvgIpc) is 2.47. The highest BCUT2D eigenvalue weighted by Gasteiger charge is 2.10. The average molecular weight is 376 g/mol. The Balaban J connectivity index is 2.31. The van der Waals surface area contributed by atoms with Gasteiger partial charge in [0, 0.05) is 11.0 Å². The van der Waals surface area contributed by atoms with Crippen LogP contribution in [0.25, 0.3) is 0 Å². The van der Waals surface area contributed by atoms with Crippen molar-refractivity contribution < 1.29 is 9.47 Å². The Labute approximate surface area is 131 Å². The molecule has 0 amide bonds. The highest BCUT2D eigenvalue weighted by Crippen LogP contribution is 2.23. The summed E-state index contributed by atoms with van der Waals surface area (Å²) in [5.41, 5.74) is 1.24. The van der Waals surface area contributed by atoms with Crippen LogP contribution in [0.3, 0.4) is 0 Å². The minimum atomic E-state index is 0.206. The third-order valence-corrected chi connectivity index (χ3v) is 3.99. The lowest BCUT2D eigenvalue weighted by atomic mass is 10.1. The van der Waals surface area contributed by atoms with Crippen molar-refractivity contribution >= 4 is 22.6 Å². The van der Waals surface area contributed by atoms with E-state index in [9.17, 15) is 0 Å². The Morgan fingerprint density at radius 2 is 1.74 bits per heavy atom. The van der Waals surface area contributed by atoms with E-state index in [1.807, 2.05) is 12.1 Å². The van der Waals surface area contributed by atoms with Crippen LogP contribution in [-0.4, -0.2) is 18.1 Å². The molecule has 0 aliphatic carbocycles. The number of methoxy groups -OCH3 is 1. The van der Waals surface area contributed by atoms with Gasteiger partial charge in [0.1, 0.15) is 5.75 Å². The zero-order valence-electron chi connectivity index (χ0n) is 12.0. The molecule has 2 nitrogen and oxygen atoms in total. The quantitative estimate of drug-likeness (QED) is 0.319. The summed E-state index contributed by atoms with van der Waals surface area (Å²) in [5, 5.41) is 0. The van der Waals surface area contributed by atoms with Crippen molar-refractivity contribution in [2.75, 3.05) is 18.1 Å². The Hall–Kier alpha value is -0.290. The normalized spacial score (nSPS) is 12.4. The van der Waals surface area contributed by atoms with Crippen LogP contribution in [0.4, 0.5) is 0 Å². The first-order valence-electron chi connectivity index (χ1n) is 7.13. The molecule has 19 heavy (non-hydrogen) atoms. The van der Waals surface area contributed by atoms with Crippen molar-refractivity contribution in [2.24, 2.45) is 0 Å². The third-order valence-electron chi connectivity index (χ3n) is 3.19. The molecule has 1 rings (SSSR count). The molecular weight excluding hydrogens is 351 g/mol. The van der Waals surface area contributed by atoms with E-state index >= 15 is 0 Å². The van der Waals surface area contributed by atoms with E-state index in [1.54, 1.807) is 7.11 Å². The predicted molar refractivity (Wildman–Crippen MR) is 89.3 cm³/mol. The summed E-state index contributed by atoms with van der Waals surface area (Å²) in [6.07, 6.45) is 6.63. The minimum Gasteiger partial charge on any atom is -0.497 e. The van der Waals surface area contributed by atoms with E-state index < -0.39 is 0 Å². The van der Waals surface area contributed by atoms with Gasteiger partial charge in [-0.1, -0.05) is 67.3 Å². The topological polar surface area (TPSA) is 18.5 Å². The maximum atomic E-state index is 5.98. The highest BCUT2D eigenvalue weighted by molar-refractivity contribution is 14.1. The molecule has 108 valence electrons. The number of hydrogen-bond acceptors (Lipinski definition) is 2. The number of benzene rings is 1. The van der Waals surface area contributed by atoms with Gasteiger partial charge in [0.05, 0.1) is 13.2 Å². The molecule has 0 aromatic heterocycles. The van der Waals surface area contributed by atoms with Gasteiger partial charge < -0.3 is 9.47 Å². The fourth-order valence-electron chi connectivity index (χ4n) is 1.98. The molecule has 0 aliphatic heterocycles. The molecule has 0 saturated heterocycles. The second kappa shape index (κ2) is 10.5. The lowest BCUT2D eigenvalue weighted by Gasteiger charge is -2.16. The van der Waals surface area contributed by atoms with Crippen molar-refractivity contribution in [3.8, 4) is 5.75 Å². The Morgan fingerprint density at radius 3 is 2.32 bits per heavy atom. The van der Waals surface area contributed by atoms with E-state index in [4.69, 9.17) is 9.47 Å². The predicted octanol–water partition coefficient (Wildman–Crippen LogP) is 5.16. The van der Waals surface area contributed by atoms with E-state index in [-0.39, 0.29) is 6.10 Å². The van der Waals surface area contributed by atoms with Crippen molar-refractivity contribution in [1.82, 2.24) is 0 Å². The molecule has 3 heteroatoms. The van der Waals surface area contributed by atoms with Gasteiger partial charge in [-0.2, -0.15) is 0 Å².